The van der Waals surface area contributed by atoms with Crippen LogP contribution >= 0.6 is 7.14 Å². The van der Waals surface area contributed by atoms with Crippen LogP contribution in [0.3, 0.4) is 0 Å². The minimum Gasteiger partial charge on any atom is -0.317 e. The standard InChI is InChI=1S/C16H11F6OP/c17-15(18,19)10-7-11(16(20,21)22)9-14(8-10)24(23)12-3-1-2-4-13(24)6-5-12/h1-9,12-13H. The van der Waals surface area contributed by atoms with E-state index in [1.807, 2.05) is 0 Å². The molecule has 0 aliphatic carbocycles. The van der Waals surface area contributed by atoms with Crippen LogP contribution in [0.1, 0.15) is 11.1 Å². The highest BCUT2D eigenvalue weighted by Gasteiger charge is 2.45. The summed E-state index contributed by atoms with van der Waals surface area (Å²) in [5.41, 5.74) is -4.30. The van der Waals surface area contributed by atoms with Gasteiger partial charge < -0.3 is 4.57 Å². The number of allylic oxidation sites excluding steroid dienone is 6. The van der Waals surface area contributed by atoms with Gasteiger partial charge in [-0.3, -0.25) is 0 Å². The molecule has 0 amide bonds. The first kappa shape index (κ1) is 17.1. The molecule has 8 heteroatoms. The molecular weight excluding hydrogens is 353 g/mol. The second kappa shape index (κ2) is 5.38. The van der Waals surface area contributed by atoms with Gasteiger partial charge in [0.15, 0.2) is 0 Å². The molecule has 24 heavy (non-hydrogen) atoms. The number of fused-ring (bicyclic) bond motifs is 2. The third-order valence-electron chi connectivity index (χ3n) is 4.09. The third-order valence-corrected chi connectivity index (χ3v) is 7.62. The SMILES string of the molecule is O=P1(c2cc(C(F)(F)F)cc(C(F)(F)F)c2)C2C=CC=CC1C=C2. The van der Waals surface area contributed by atoms with E-state index in [0.29, 0.717) is 12.1 Å². The van der Waals surface area contributed by atoms with Crippen molar-refractivity contribution in [2.45, 2.75) is 23.7 Å². The maximum absolute atomic E-state index is 13.4. The largest absolute Gasteiger partial charge is 0.416 e. The van der Waals surface area contributed by atoms with Crippen LogP contribution in [0.5, 0.6) is 0 Å². The average Bonchev–Trinajstić information content (AvgIpc) is 2.66. The van der Waals surface area contributed by atoms with Crippen LogP contribution < -0.4 is 5.30 Å². The zero-order valence-electron chi connectivity index (χ0n) is 12.0. The van der Waals surface area contributed by atoms with Crippen molar-refractivity contribution in [2.24, 2.45) is 0 Å². The fourth-order valence-electron chi connectivity index (χ4n) is 2.91. The van der Waals surface area contributed by atoms with Gasteiger partial charge in [0.25, 0.3) is 0 Å². The molecule has 1 aromatic carbocycles. The molecule has 0 aromatic heterocycles. The van der Waals surface area contributed by atoms with E-state index in [-0.39, 0.29) is 6.07 Å². The summed E-state index contributed by atoms with van der Waals surface area (Å²) in [6, 6.07) is 1.21. The Morgan fingerprint density at radius 3 is 1.50 bits per heavy atom. The molecule has 128 valence electrons. The fourth-order valence-corrected chi connectivity index (χ4v) is 6.09. The Morgan fingerprint density at radius 2 is 1.12 bits per heavy atom. The van der Waals surface area contributed by atoms with Crippen molar-refractivity contribution in [1.82, 2.24) is 0 Å². The van der Waals surface area contributed by atoms with Gasteiger partial charge in [0.05, 0.1) is 22.4 Å². The molecule has 2 unspecified atom stereocenters. The highest BCUT2D eigenvalue weighted by molar-refractivity contribution is 7.74. The Bertz CT molecular complexity index is 742. The molecule has 2 heterocycles. The van der Waals surface area contributed by atoms with Gasteiger partial charge in [0.2, 0.25) is 0 Å². The lowest BCUT2D eigenvalue weighted by atomic mass is 10.1. The first-order valence-electron chi connectivity index (χ1n) is 6.96. The average molecular weight is 364 g/mol. The number of hydrogen-bond acceptors (Lipinski definition) is 1. The summed E-state index contributed by atoms with van der Waals surface area (Å²) >= 11 is 0. The zero-order chi connectivity index (χ0) is 17.8. The number of benzene rings is 1. The molecule has 0 fully saturated rings. The predicted molar refractivity (Wildman–Crippen MR) is 78.7 cm³/mol. The molecular formula is C16H11F6OP. The molecule has 2 atom stereocenters. The zero-order valence-corrected chi connectivity index (χ0v) is 12.9. The van der Waals surface area contributed by atoms with Gasteiger partial charge in [-0.1, -0.05) is 36.5 Å². The summed E-state index contributed by atoms with van der Waals surface area (Å²) in [7, 11) is -3.56. The maximum Gasteiger partial charge on any atom is 0.416 e. The molecule has 0 saturated carbocycles. The van der Waals surface area contributed by atoms with Crippen molar-refractivity contribution >= 4 is 12.4 Å². The third kappa shape index (κ3) is 2.75. The van der Waals surface area contributed by atoms with Crippen LogP contribution in [-0.2, 0) is 16.9 Å². The second-order valence-corrected chi connectivity index (χ2v) is 8.74. The van der Waals surface area contributed by atoms with Crippen LogP contribution in [0, 0.1) is 0 Å². The minimum atomic E-state index is -4.96. The molecule has 2 bridgehead atoms. The Balaban J connectivity index is 2.23. The molecule has 0 spiro atoms. The van der Waals surface area contributed by atoms with Crippen molar-refractivity contribution < 1.29 is 30.9 Å². The predicted octanol–water partition coefficient (Wildman–Crippen LogP) is 5.15. The molecule has 1 nitrogen and oxygen atoms in total. The maximum atomic E-state index is 13.4. The summed E-state index contributed by atoms with van der Waals surface area (Å²) in [6.45, 7) is 0. The van der Waals surface area contributed by atoms with Gasteiger partial charge in [0.1, 0.15) is 7.14 Å². The number of halogens is 6. The molecule has 2 aliphatic heterocycles. The van der Waals surface area contributed by atoms with E-state index in [1.165, 1.54) is 12.2 Å². The molecule has 2 aliphatic rings. The highest BCUT2D eigenvalue weighted by atomic mass is 31.2. The normalized spacial score (nSPS) is 29.1. The molecule has 0 radical (unpaired) electrons. The lowest BCUT2D eigenvalue weighted by Crippen LogP contribution is -2.22. The van der Waals surface area contributed by atoms with Gasteiger partial charge >= 0.3 is 12.4 Å². The number of alkyl halides is 6. The molecule has 0 saturated heterocycles. The first-order valence-corrected chi connectivity index (χ1v) is 8.80. The summed E-state index contributed by atoms with van der Waals surface area (Å²) in [6.07, 6.45) is -0.517. The van der Waals surface area contributed by atoms with E-state index in [9.17, 15) is 30.9 Å². The summed E-state index contributed by atoms with van der Waals surface area (Å²) in [5.74, 6) is 0. The van der Waals surface area contributed by atoms with Gasteiger partial charge in [-0.25, -0.2) is 0 Å². The quantitative estimate of drug-likeness (QED) is 0.383. The number of rotatable bonds is 1. The van der Waals surface area contributed by atoms with Crippen LogP contribution in [0.15, 0.2) is 54.7 Å². The second-order valence-electron chi connectivity index (χ2n) is 5.61. The summed E-state index contributed by atoms with van der Waals surface area (Å²) in [4.78, 5) is 0. The fraction of sp³-hybridized carbons (Fsp3) is 0.250. The Kier molecular flexibility index (Phi) is 3.83. The Labute approximate surface area is 133 Å². The van der Waals surface area contributed by atoms with Crippen LogP contribution in [0.25, 0.3) is 0 Å². The monoisotopic (exact) mass is 364 g/mol. The Hall–Kier alpha value is -1.75. The molecule has 0 N–H and O–H groups in total. The van der Waals surface area contributed by atoms with E-state index in [0.717, 1.165) is 0 Å². The molecule has 3 rings (SSSR count). The molecule has 1 aromatic rings. The lowest BCUT2D eigenvalue weighted by Gasteiger charge is -2.24. The highest BCUT2D eigenvalue weighted by Crippen LogP contribution is 2.61. The van der Waals surface area contributed by atoms with Gasteiger partial charge in [-0.05, 0) is 18.2 Å². The number of hydrogen-bond donors (Lipinski definition) is 0. The van der Waals surface area contributed by atoms with Crippen molar-refractivity contribution in [2.75, 3.05) is 0 Å². The Morgan fingerprint density at radius 1 is 0.708 bits per heavy atom. The van der Waals surface area contributed by atoms with Gasteiger partial charge in [0, 0.05) is 5.30 Å². The van der Waals surface area contributed by atoms with Crippen molar-refractivity contribution in [3.8, 4) is 0 Å². The van der Waals surface area contributed by atoms with E-state index in [2.05, 4.69) is 0 Å². The van der Waals surface area contributed by atoms with Crippen LogP contribution in [0.2, 0.25) is 0 Å². The topological polar surface area (TPSA) is 17.1 Å². The summed E-state index contributed by atoms with van der Waals surface area (Å²) < 4.78 is 91.5. The van der Waals surface area contributed by atoms with Gasteiger partial charge in [-0.15, -0.1) is 0 Å². The van der Waals surface area contributed by atoms with Crippen molar-refractivity contribution in [3.05, 3.63) is 65.8 Å². The van der Waals surface area contributed by atoms with Gasteiger partial charge in [-0.2, -0.15) is 26.3 Å². The van der Waals surface area contributed by atoms with E-state index < -0.39 is 47.2 Å². The first-order chi connectivity index (χ1) is 11.0. The summed E-state index contributed by atoms with van der Waals surface area (Å²) in [5, 5.41) is -0.402. The van der Waals surface area contributed by atoms with E-state index >= 15 is 0 Å². The van der Waals surface area contributed by atoms with Crippen LogP contribution in [0.4, 0.5) is 26.3 Å². The van der Waals surface area contributed by atoms with E-state index in [1.54, 1.807) is 24.3 Å². The minimum absolute atomic E-state index is 0.0501. The van der Waals surface area contributed by atoms with Crippen molar-refractivity contribution in [3.63, 3.8) is 0 Å². The van der Waals surface area contributed by atoms with Crippen LogP contribution in [-0.4, -0.2) is 11.3 Å². The smallest absolute Gasteiger partial charge is 0.317 e. The van der Waals surface area contributed by atoms with Crippen molar-refractivity contribution in [1.29, 1.82) is 0 Å². The van der Waals surface area contributed by atoms with E-state index in [4.69, 9.17) is 0 Å². The lowest BCUT2D eigenvalue weighted by molar-refractivity contribution is -0.142.